The first kappa shape index (κ1) is 28.6. The van der Waals surface area contributed by atoms with Crippen molar-refractivity contribution >= 4 is 69.2 Å². The third-order valence-electron chi connectivity index (χ3n) is 5.74. The summed E-state index contributed by atoms with van der Waals surface area (Å²) in [6.45, 7) is 6.14. The SMILES string of the molecule is CCOc1cc(/C=C2/SC(=S)N(c3ccc(F)c(Cl)c3)C2=O)ccc1OCC(=O)Nc1ccccc1C(C)C. The van der Waals surface area contributed by atoms with E-state index in [-0.39, 0.29) is 29.4 Å². The van der Waals surface area contributed by atoms with Crippen LogP contribution >= 0.6 is 35.6 Å². The van der Waals surface area contributed by atoms with Crippen LogP contribution in [0.2, 0.25) is 5.02 Å². The van der Waals surface area contributed by atoms with Crippen molar-refractivity contribution in [1.82, 2.24) is 0 Å². The van der Waals surface area contributed by atoms with Crippen molar-refractivity contribution in [3.8, 4) is 11.5 Å². The Bertz CT molecular complexity index is 1460. The van der Waals surface area contributed by atoms with Crippen molar-refractivity contribution < 1.29 is 23.5 Å². The van der Waals surface area contributed by atoms with Crippen LogP contribution in [0, 0.1) is 5.82 Å². The molecule has 0 bridgehead atoms. The Balaban J connectivity index is 1.48. The molecule has 0 radical (unpaired) electrons. The minimum atomic E-state index is -0.579. The Morgan fingerprint density at radius 3 is 2.62 bits per heavy atom. The number of nitrogens with zero attached hydrogens (tertiary/aromatic N) is 1. The van der Waals surface area contributed by atoms with Crippen LogP contribution in [0.4, 0.5) is 15.8 Å². The molecule has 1 aliphatic rings. The largest absolute Gasteiger partial charge is 0.490 e. The van der Waals surface area contributed by atoms with Crippen molar-refractivity contribution in [1.29, 1.82) is 0 Å². The fourth-order valence-corrected chi connectivity index (χ4v) is 5.39. The molecule has 1 N–H and O–H groups in total. The van der Waals surface area contributed by atoms with Gasteiger partial charge < -0.3 is 14.8 Å². The zero-order valence-corrected chi connectivity index (χ0v) is 23.9. The summed E-state index contributed by atoms with van der Waals surface area (Å²) in [5.74, 6) is -0.126. The topological polar surface area (TPSA) is 67.9 Å². The van der Waals surface area contributed by atoms with Gasteiger partial charge in [0, 0.05) is 5.69 Å². The predicted molar refractivity (Wildman–Crippen MR) is 159 cm³/mol. The van der Waals surface area contributed by atoms with Crippen LogP contribution in [-0.2, 0) is 9.59 Å². The molecular weight excluding hydrogens is 559 g/mol. The minimum Gasteiger partial charge on any atom is -0.490 e. The molecular formula is C29H26ClFN2O4S2. The lowest BCUT2D eigenvalue weighted by Gasteiger charge is -2.15. The Labute approximate surface area is 241 Å². The first-order valence-electron chi connectivity index (χ1n) is 12.2. The smallest absolute Gasteiger partial charge is 0.270 e. The van der Waals surface area contributed by atoms with Gasteiger partial charge in [0.25, 0.3) is 11.8 Å². The van der Waals surface area contributed by atoms with Crippen LogP contribution in [0.25, 0.3) is 6.08 Å². The second-order valence-electron chi connectivity index (χ2n) is 8.83. The Kier molecular flexibility index (Phi) is 9.27. The van der Waals surface area contributed by atoms with Gasteiger partial charge in [-0.3, -0.25) is 14.5 Å². The maximum absolute atomic E-state index is 13.6. The number of carbonyl (C=O) groups is 2. The van der Waals surface area contributed by atoms with E-state index in [1.807, 2.05) is 31.2 Å². The van der Waals surface area contributed by atoms with Crippen LogP contribution in [-0.4, -0.2) is 29.3 Å². The van der Waals surface area contributed by atoms with E-state index < -0.39 is 5.82 Å². The fraction of sp³-hybridized carbons (Fsp3) is 0.207. The average Bonchev–Trinajstić information content (AvgIpc) is 3.18. The molecule has 3 aromatic rings. The molecule has 1 heterocycles. The number of carbonyl (C=O) groups excluding carboxylic acids is 2. The Morgan fingerprint density at radius 1 is 1.13 bits per heavy atom. The first-order chi connectivity index (χ1) is 18.7. The summed E-state index contributed by atoms with van der Waals surface area (Å²) in [6, 6.07) is 16.8. The van der Waals surface area contributed by atoms with Gasteiger partial charge in [-0.25, -0.2) is 4.39 Å². The second kappa shape index (κ2) is 12.6. The van der Waals surface area contributed by atoms with Crippen molar-refractivity contribution in [3.05, 3.63) is 87.5 Å². The molecule has 4 rings (SSSR count). The summed E-state index contributed by atoms with van der Waals surface area (Å²) < 4.78 is 25.4. The quantitative estimate of drug-likeness (QED) is 0.208. The molecule has 0 unspecified atom stereocenters. The summed E-state index contributed by atoms with van der Waals surface area (Å²) in [6.07, 6.45) is 1.69. The number of hydrogen-bond acceptors (Lipinski definition) is 6. The minimum absolute atomic E-state index is 0.0970. The van der Waals surface area contributed by atoms with Gasteiger partial charge in [0.15, 0.2) is 22.4 Å². The molecule has 1 fully saturated rings. The van der Waals surface area contributed by atoms with Crippen LogP contribution in [0.15, 0.2) is 65.6 Å². The molecule has 0 aliphatic carbocycles. The number of nitrogens with one attached hydrogen (secondary N) is 1. The maximum atomic E-state index is 13.6. The lowest BCUT2D eigenvalue weighted by Crippen LogP contribution is -2.27. The third kappa shape index (κ3) is 6.79. The molecule has 202 valence electrons. The molecule has 0 saturated carbocycles. The van der Waals surface area contributed by atoms with E-state index in [9.17, 15) is 14.0 Å². The maximum Gasteiger partial charge on any atom is 0.270 e. The van der Waals surface area contributed by atoms with Gasteiger partial charge in [-0.15, -0.1) is 0 Å². The van der Waals surface area contributed by atoms with E-state index >= 15 is 0 Å². The third-order valence-corrected chi connectivity index (χ3v) is 7.33. The van der Waals surface area contributed by atoms with Gasteiger partial charge in [0.1, 0.15) is 5.82 Å². The standard InChI is InChI=1S/C29H26ClFN2O4S2/c1-4-36-25-13-18(14-26-28(35)33(29(38)39-26)19-10-11-22(31)21(30)15-19)9-12-24(25)37-16-27(34)32-23-8-6-5-7-20(23)17(2)3/h5-15,17H,4,16H2,1-3H3,(H,32,34)/b26-14+. The van der Waals surface area contributed by atoms with Crippen LogP contribution in [0.5, 0.6) is 11.5 Å². The molecule has 1 saturated heterocycles. The highest BCUT2D eigenvalue weighted by Crippen LogP contribution is 2.38. The van der Waals surface area contributed by atoms with Gasteiger partial charge in [-0.2, -0.15) is 0 Å². The number of rotatable bonds is 9. The molecule has 6 nitrogen and oxygen atoms in total. The average molecular weight is 585 g/mol. The van der Waals surface area contributed by atoms with Gasteiger partial charge in [0.2, 0.25) is 0 Å². The van der Waals surface area contributed by atoms with Gasteiger partial charge >= 0.3 is 0 Å². The summed E-state index contributed by atoms with van der Waals surface area (Å²) in [5.41, 5.74) is 2.86. The molecule has 39 heavy (non-hydrogen) atoms. The monoisotopic (exact) mass is 584 g/mol. The van der Waals surface area contributed by atoms with Crippen molar-refractivity contribution in [3.63, 3.8) is 0 Å². The highest BCUT2D eigenvalue weighted by Gasteiger charge is 2.33. The van der Waals surface area contributed by atoms with Crippen LogP contribution in [0.3, 0.4) is 0 Å². The van der Waals surface area contributed by atoms with Crippen molar-refractivity contribution in [2.24, 2.45) is 0 Å². The summed E-state index contributed by atoms with van der Waals surface area (Å²) in [5, 5.41) is 2.81. The van der Waals surface area contributed by atoms with Crippen molar-refractivity contribution in [2.75, 3.05) is 23.4 Å². The number of benzene rings is 3. The molecule has 10 heteroatoms. The van der Waals surface area contributed by atoms with E-state index in [0.29, 0.717) is 38.6 Å². The zero-order chi connectivity index (χ0) is 28.1. The molecule has 0 atom stereocenters. The van der Waals surface area contributed by atoms with E-state index in [0.717, 1.165) is 23.0 Å². The normalized spacial score (nSPS) is 14.3. The molecule has 2 amide bonds. The first-order valence-corrected chi connectivity index (χ1v) is 13.8. The number of para-hydroxylation sites is 1. The predicted octanol–water partition coefficient (Wildman–Crippen LogP) is 7.42. The fourth-order valence-electron chi connectivity index (χ4n) is 3.91. The lowest BCUT2D eigenvalue weighted by molar-refractivity contribution is -0.118. The second-order valence-corrected chi connectivity index (χ2v) is 10.9. The number of thioether (sulfide) groups is 1. The highest BCUT2D eigenvalue weighted by atomic mass is 35.5. The number of anilines is 2. The molecule has 0 aromatic heterocycles. The van der Waals surface area contributed by atoms with Gasteiger partial charge in [-0.05, 0) is 66.4 Å². The summed E-state index contributed by atoms with van der Waals surface area (Å²) in [4.78, 5) is 27.4. The van der Waals surface area contributed by atoms with Gasteiger partial charge in [-0.1, -0.05) is 73.7 Å². The van der Waals surface area contributed by atoms with Gasteiger partial charge in [0.05, 0.1) is 22.2 Å². The Morgan fingerprint density at radius 2 is 1.90 bits per heavy atom. The van der Waals surface area contributed by atoms with E-state index in [2.05, 4.69) is 19.2 Å². The number of ether oxygens (including phenoxy) is 2. The molecule has 1 aliphatic heterocycles. The van der Waals surface area contributed by atoms with Crippen molar-refractivity contribution in [2.45, 2.75) is 26.7 Å². The number of halogens is 2. The van der Waals surface area contributed by atoms with E-state index in [1.165, 1.54) is 23.1 Å². The van der Waals surface area contributed by atoms with E-state index in [4.69, 9.17) is 33.3 Å². The van der Waals surface area contributed by atoms with E-state index in [1.54, 1.807) is 24.3 Å². The zero-order valence-electron chi connectivity index (χ0n) is 21.5. The van der Waals surface area contributed by atoms with Crippen LogP contribution in [0.1, 0.15) is 37.8 Å². The molecule has 0 spiro atoms. The Hall–Kier alpha value is -3.40. The number of hydrogen-bond donors (Lipinski definition) is 1. The summed E-state index contributed by atoms with van der Waals surface area (Å²) >= 11 is 12.4. The number of thiocarbonyl (C=S) groups is 1. The highest BCUT2D eigenvalue weighted by molar-refractivity contribution is 8.27. The summed E-state index contributed by atoms with van der Waals surface area (Å²) in [7, 11) is 0. The lowest BCUT2D eigenvalue weighted by atomic mass is 10.0. The molecule has 3 aromatic carbocycles. The van der Waals surface area contributed by atoms with Crippen LogP contribution < -0.4 is 19.7 Å². The number of amides is 2.